The summed E-state index contributed by atoms with van der Waals surface area (Å²) in [6.07, 6.45) is -0.633. The second-order valence-corrected chi connectivity index (χ2v) is 6.00. The van der Waals surface area contributed by atoms with Crippen LogP contribution in [0.1, 0.15) is 22.2 Å². The van der Waals surface area contributed by atoms with Crippen molar-refractivity contribution in [1.82, 2.24) is 10.6 Å². The Morgan fingerprint density at radius 1 is 1.26 bits per heavy atom. The van der Waals surface area contributed by atoms with Crippen LogP contribution in [0.5, 0.6) is 11.5 Å². The summed E-state index contributed by atoms with van der Waals surface area (Å²) in [5, 5.41) is 15.6. The molecular weight excluding hydrogens is 320 g/mol. The van der Waals surface area contributed by atoms with Gasteiger partial charge in [0.2, 0.25) is 0 Å². The standard InChI is InChI=1S/C16H26N2O4.ClH/c1-16(2,3)18-9-12(19)10-21-13-7-5-6-8-14(13)22-11-15(20)17-4;/h5-8,12,18-19H,9-11H2,1-4H3,(H,17,20);1H. The minimum Gasteiger partial charge on any atom is -1.00 e. The predicted molar refractivity (Wildman–Crippen MR) is 86.4 cm³/mol. The number of halogens is 1. The Bertz CT molecular complexity index is 483. The molecule has 1 amide bonds. The van der Waals surface area contributed by atoms with Crippen molar-refractivity contribution in [3.8, 4) is 11.5 Å². The van der Waals surface area contributed by atoms with Crippen LogP contribution in [-0.2, 0) is 4.79 Å². The topological polar surface area (TPSA) is 79.8 Å². The van der Waals surface area contributed by atoms with Gasteiger partial charge in [0.05, 0.1) is 0 Å². The van der Waals surface area contributed by atoms with Crippen molar-refractivity contribution < 1.29 is 33.2 Å². The summed E-state index contributed by atoms with van der Waals surface area (Å²) in [5.74, 6) is 0.757. The average Bonchev–Trinajstić information content (AvgIpc) is 2.48. The number of nitrogens with one attached hydrogen (secondary N) is 2. The molecule has 1 aromatic rings. The lowest BCUT2D eigenvalue weighted by Gasteiger charge is -2.23. The van der Waals surface area contributed by atoms with Crippen molar-refractivity contribution in [2.75, 3.05) is 26.8 Å². The minimum absolute atomic E-state index is 0. The van der Waals surface area contributed by atoms with E-state index in [9.17, 15) is 9.90 Å². The van der Waals surface area contributed by atoms with Crippen LogP contribution in [0.3, 0.4) is 0 Å². The van der Waals surface area contributed by atoms with E-state index in [0.717, 1.165) is 0 Å². The summed E-state index contributed by atoms with van der Waals surface area (Å²) < 4.78 is 11.0. The summed E-state index contributed by atoms with van der Waals surface area (Å²) in [6, 6.07) is 7.06. The fourth-order valence-corrected chi connectivity index (χ4v) is 1.57. The maximum Gasteiger partial charge on any atom is 1.00 e. The molecule has 0 saturated carbocycles. The fraction of sp³-hybridized carbons (Fsp3) is 0.562. The number of amides is 1. The zero-order chi connectivity index (χ0) is 16.6. The zero-order valence-electron chi connectivity index (χ0n) is 15.1. The number of hydrogen-bond donors (Lipinski definition) is 3. The molecule has 132 valence electrons. The van der Waals surface area contributed by atoms with Crippen LogP contribution >= 0.6 is 0 Å². The molecule has 23 heavy (non-hydrogen) atoms. The molecule has 1 rings (SSSR count). The lowest BCUT2D eigenvalue weighted by molar-refractivity contribution is -0.122. The van der Waals surface area contributed by atoms with Crippen LogP contribution in [0.25, 0.3) is 0 Å². The van der Waals surface area contributed by atoms with Crippen molar-refractivity contribution in [2.45, 2.75) is 32.4 Å². The molecule has 6 nitrogen and oxygen atoms in total. The molecule has 0 radical (unpaired) electrons. The fourth-order valence-electron chi connectivity index (χ4n) is 1.57. The summed E-state index contributed by atoms with van der Waals surface area (Å²) in [6.45, 7) is 6.59. The second-order valence-electron chi connectivity index (χ2n) is 6.00. The number of likely N-dealkylation sites (N-methyl/N-ethyl adjacent to an activating group) is 1. The summed E-state index contributed by atoms with van der Waals surface area (Å²) >= 11 is 0. The van der Waals surface area contributed by atoms with E-state index in [4.69, 9.17) is 9.47 Å². The van der Waals surface area contributed by atoms with Gasteiger partial charge < -0.3 is 37.6 Å². The van der Waals surface area contributed by atoms with Gasteiger partial charge in [0.25, 0.3) is 5.91 Å². The van der Waals surface area contributed by atoms with Crippen LogP contribution in [0.4, 0.5) is 0 Å². The first kappa shape index (κ1) is 21.5. The van der Waals surface area contributed by atoms with Gasteiger partial charge in [-0.3, -0.25) is 4.79 Å². The van der Waals surface area contributed by atoms with Gasteiger partial charge in [-0.25, -0.2) is 0 Å². The highest BCUT2D eigenvalue weighted by Gasteiger charge is 2.14. The summed E-state index contributed by atoms with van der Waals surface area (Å²) in [4.78, 5) is 11.2. The van der Waals surface area contributed by atoms with Gasteiger partial charge in [-0.15, -0.1) is 0 Å². The van der Waals surface area contributed by atoms with Gasteiger partial charge >= 0.3 is 1.43 Å². The van der Waals surface area contributed by atoms with Crippen LogP contribution in [0.15, 0.2) is 24.3 Å². The minimum atomic E-state index is -0.633. The Hall–Kier alpha value is -1.50. The molecule has 0 saturated heterocycles. The summed E-state index contributed by atoms with van der Waals surface area (Å²) in [7, 11) is 1.55. The second kappa shape index (κ2) is 10.3. The maximum absolute atomic E-state index is 11.2. The number of para-hydroxylation sites is 2. The Morgan fingerprint density at radius 2 is 1.83 bits per heavy atom. The molecule has 7 heteroatoms. The smallest absolute Gasteiger partial charge is 1.00 e. The molecule has 0 aliphatic rings. The molecule has 0 aromatic heterocycles. The Balaban J connectivity index is 0. The van der Waals surface area contributed by atoms with E-state index in [2.05, 4.69) is 10.6 Å². The van der Waals surface area contributed by atoms with Crippen molar-refractivity contribution in [2.24, 2.45) is 0 Å². The Labute approximate surface area is 145 Å². The monoisotopic (exact) mass is 346 g/mol. The van der Waals surface area contributed by atoms with Crippen molar-refractivity contribution in [3.05, 3.63) is 24.3 Å². The van der Waals surface area contributed by atoms with Crippen molar-refractivity contribution in [1.29, 1.82) is 0 Å². The first-order valence-corrected chi connectivity index (χ1v) is 7.30. The molecule has 0 aliphatic heterocycles. The van der Waals surface area contributed by atoms with Crippen LogP contribution in [0.2, 0.25) is 0 Å². The van der Waals surface area contributed by atoms with Gasteiger partial charge in [0, 0.05) is 19.1 Å². The lowest BCUT2D eigenvalue weighted by atomic mass is 10.1. The number of β-amino-alcohol motifs (C(OH)–C–C–N with tert-alkyl or cyclic N) is 1. The van der Waals surface area contributed by atoms with Crippen molar-refractivity contribution in [3.63, 3.8) is 0 Å². The predicted octanol–water partition coefficient (Wildman–Crippen LogP) is -1.94. The summed E-state index contributed by atoms with van der Waals surface area (Å²) in [5.41, 5.74) is -0.0600. The van der Waals surface area contributed by atoms with E-state index in [1.807, 2.05) is 26.8 Å². The van der Waals surface area contributed by atoms with Crippen LogP contribution in [-0.4, -0.2) is 49.5 Å². The van der Waals surface area contributed by atoms with Gasteiger partial charge in [0.1, 0.15) is 12.7 Å². The number of ether oxygens (including phenoxy) is 2. The van der Waals surface area contributed by atoms with Gasteiger partial charge in [-0.05, 0) is 32.9 Å². The number of carbonyl (C=O) groups is 1. The van der Waals surface area contributed by atoms with E-state index in [1.54, 1.807) is 25.2 Å². The zero-order valence-corrected chi connectivity index (χ0v) is 14.8. The number of rotatable bonds is 8. The molecule has 0 bridgehead atoms. The number of aliphatic hydroxyl groups is 1. The van der Waals surface area contributed by atoms with E-state index >= 15 is 0 Å². The molecule has 1 unspecified atom stereocenters. The Morgan fingerprint density at radius 3 is 2.35 bits per heavy atom. The molecule has 0 aliphatic carbocycles. The molecule has 0 heterocycles. The number of benzene rings is 1. The number of aliphatic hydroxyl groups excluding tert-OH is 1. The SMILES string of the molecule is CNC(=O)COc1ccccc1OCC(O)CNC(C)(C)C.[Cl-].[H+]. The van der Waals surface area contributed by atoms with Crippen LogP contribution < -0.4 is 32.5 Å². The Kier molecular flexibility index (Phi) is 9.64. The van der Waals surface area contributed by atoms with Crippen LogP contribution in [0, 0.1) is 0 Å². The van der Waals surface area contributed by atoms with Gasteiger partial charge in [-0.1, -0.05) is 12.1 Å². The third kappa shape index (κ3) is 9.28. The molecule has 0 spiro atoms. The quantitative estimate of drug-likeness (QED) is 0.510. The largest absolute Gasteiger partial charge is 1.00 e. The highest BCUT2D eigenvalue weighted by molar-refractivity contribution is 5.77. The molecule has 0 fully saturated rings. The third-order valence-corrected chi connectivity index (χ3v) is 2.79. The highest BCUT2D eigenvalue weighted by atomic mass is 35.5. The van der Waals surface area contributed by atoms with Gasteiger partial charge in [0.15, 0.2) is 18.1 Å². The number of carbonyl (C=O) groups excluding carboxylic acids is 1. The first-order chi connectivity index (χ1) is 10.3. The van der Waals surface area contributed by atoms with Gasteiger partial charge in [-0.2, -0.15) is 0 Å². The molecule has 1 aromatic carbocycles. The molecular formula is C16H27ClN2O4. The normalized spacial score (nSPS) is 12.0. The van der Waals surface area contributed by atoms with Crippen molar-refractivity contribution >= 4 is 5.91 Å². The van der Waals surface area contributed by atoms with E-state index in [1.165, 1.54) is 0 Å². The molecule has 1 atom stereocenters. The first-order valence-electron chi connectivity index (χ1n) is 7.30. The number of hydrogen-bond acceptors (Lipinski definition) is 5. The van der Waals surface area contributed by atoms with E-state index in [-0.39, 0.29) is 38.5 Å². The van der Waals surface area contributed by atoms with E-state index in [0.29, 0.717) is 18.0 Å². The highest BCUT2D eigenvalue weighted by Crippen LogP contribution is 2.26. The lowest BCUT2D eigenvalue weighted by Crippen LogP contribution is -3.00. The molecule has 3 N–H and O–H groups in total. The average molecular weight is 347 g/mol. The maximum atomic E-state index is 11.2. The third-order valence-electron chi connectivity index (χ3n) is 2.79. The van der Waals surface area contributed by atoms with E-state index < -0.39 is 6.10 Å².